The minimum Gasteiger partial charge on any atom is -0.366 e. The molecule has 0 aromatic heterocycles. The van der Waals surface area contributed by atoms with Gasteiger partial charge in [-0.2, -0.15) is 0 Å². The van der Waals surface area contributed by atoms with Gasteiger partial charge in [-0.05, 0) is 58.4 Å². The van der Waals surface area contributed by atoms with Crippen LogP contribution in [-0.4, -0.2) is 25.2 Å². The monoisotopic (exact) mass is 266 g/mol. The molecule has 0 aliphatic carbocycles. The first kappa shape index (κ1) is 13.7. The molecule has 3 heteroatoms. The Labute approximate surface area is 115 Å². The quantitative estimate of drug-likeness (QED) is 0.880. The van der Waals surface area contributed by atoms with Gasteiger partial charge in [0.25, 0.3) is 0 Å². The number of hydrogen-bond acceptors (Lipinski definition) is 2. The maximum Gasteiger partial charge on any atom is 0.0426 e. The molecule has 1 N–H and O–H groups in total. The zero-order chi connectivity index (χ0) is 13.3. The molecule has 1 aromatic rings. The van der Waals surface area contributed by atoms with Gasteiger partial charge in [0.2, 0.25) is 0 Å². The van der Waals surface area contributed by atoms with E-state index >= 15 is 0 Å². The Morgan fingerprint density at radius 1 is 1.39 bits per heavy atom. The van der Waals surface area contributed by atoms with Gasteiger partial charge in [-0.3, -0.25) is 0 Å². The molecular formula is C15H23ClN2. The second-order valence-corrected chi connectivity index (χ2v) is 6.31. The first-order valence-electron chi connectivity index (χ1n) is 6.65. The van der Waals surface area contributed by atoms with Gasteiger partial charge < -0.3 is 10.2 Å². The van der Waals surface area contributed by atoms with E-state index in [1.165, 1.54) is 17.7 Å². The molecule has 0 bridgehead atoms. The van der Waals surface area contributed by atoms with Crippen molar-refractivity contribution in [1.82, 2.24) is 5.32 Å². The third kappa shape index (κ3) is 2.65. The van der Waals surface area contributed by atoms with Crippen molar-refractivity contribution in [2.45, 2.75) is 45.2 Å². The molecule has 0 saturated carbocycles. The average molecular weight is 267 g/mol. The summed E-state index contributed by atoms with van der Waals surface area (Å²) in [6.07, 6.45) is 2.35. The van der Waals surface area contributed by atoms with Crippen molar-refractivity contribution in [2.24, 2.45) is 0 Å². The van der Waals surface area contributed by atoms with Crippen LogP contribution < -0.4 is 10.2 Å². The standard InChI is InChI=1S/C15H23ClN2/c1-11-5-6-12(16)9-14(11)18-8-7-13(17-4)10-15(18,2)3/h5-6,9,13,17H,7-8,10H2,1-4H3. The van der Waals surface area contributed by atoms with Crippen LogP contribution in [0.4, 0.5) is 5.69 Å². The van der Waals surface area contributed by atoms with Crippen LogP contribution in [0.1, 0.15) is 32.3 Å². The highest BCUT2D eigenvalue weighted by molar-refractivity contribution is 6.30. The smallest absolute Gasteiger partial charge is 0.0426 e. The van der Waals surface area contributed by atoms with Crippen molar-refractivity contribution in [3.05, 3.63) is 28.8 Å². The van der Waals surface area contributed by atoms with Crippen LogP contribution in [0.3, 0.4) is 0 Å². The molecule has 1 heterocycles. The molecule has 1 aliphatic heterocycles. The third-order valence-electron chi connectivity index (χ3n) is 4.05. The maximum atomic E-state index is 6.15. The lowest BCUT2D eigenvalue weighted by molar-refractivity contribution is 0.301. The first-order chi connectivity index (χ1) is 8.44. The van der Waals surface area contributed by atoms with Gasteiger partial charge in [-0.15, -0.1) is 0 Å². The summed E-state index contributed by atoms with van der Waals surface area (Å²) in [6, 6.07) is 6.79. The van der Waals surface area contributed by atoms with E-state index in [9.17, 15) is 0 Å². The minimum absolute atomic E-state index is 0.168. The van der Waals surface area contributed by atoms with Crippen LogP contribution in [0, 0.1) is 6.92 Å². The zero-order valence-corrected chi connectivity index (χ0v) is 12.5. The Morgan fingerprint density at radius 3 is 2.72 bits per heavy atom. The van der Waals surface area contributed by atoms with E-state index in [4.69, 9.17) is 11.6 Å². The Kier molecular flexibility index (Phi) is 3.88. The van der Waals surface area contributed by atoms with Crippen molar-refractivity contribution >= 4 is 17.3 Å². The molecule has 0 spiro atoms. The van der Waals surface area contributed by atoms with E-state index in [-0.39, 0.29) is 5.54 Å². The number of benzene rings is 1. The highest BCUT2D eigenvalue weighted by atomic mass is 35.5. The molecule has 0 radical (unpaired) electrons. The summed E-state index contributed by atoms with van der Waals surface area (Å²) in [6.45, 7) is 7.87. The largest absolute Gasteiger partial charge is 0.366 e. The normalized spacial score (nSPS) is 23.2. The highest BCUT2D eigenvalue weighted by Crippen LogP contribution is 2.35. The van der Waals surface area contributed by atoms with Gasteiger partial charge >= 0.3 is 0 Å². The number of aryl methyl sites for hydroxylation is 1. The second kappa shape index (κ2) is 5.10. The van der Waals surface area contributed by atoms with Gasteiger partial charge in [-0.1, -0.05) is 17.7 Å². The molecule has 1 unspecified atom stereocenters. The van der Waals surface area contributed by atoms with Gasteiger partial charge in [0.1, 0.15) is 0 Å². The van der Waals surface area contributed by atoms with Crippen molar-refractivity contribution in [2.75, 3.05) is 18.5 Å². The number of rotatable bonds is 2. The average Bonchev–Trinajstić information content (AvgIpc) is 2.31. The van der Waals surface area contributed by atoms with Crippen molar-refractivity contribution in [3.63, 3.8) is 0 Å². The van der Waals surface area contributed by atoms with Crippen LogP contribution in [0.15, 0.2) is 18.2 Å². The minimum atomic E-state index is 0.168. The number of anilines is 1. The summed E-state index contributed by atoms with van der Waals surface area (Å²) in [5, 5.41) is 4.23. The lowest BCUT2D eigenvalue weighted by Crippen LogP contribution is -2.54. The molecule has 1 aromatic carbocycles. The van der Waals surface area contributed by atoms with Crippen molar-refractivity contribution < 1.29 is 0 Å². The van der Waals surface area contributed by atoms with Gasteiger partial charge in [0.05, 0.1) is 0 Å². The van der Waals surface area contributed by atoms with Gasteiger partial charge in [-0.25, -0.2) is 0 Å². The van der Waals surface area contributed by atoms with E-state index in [0.717, 1.165) is 18.0 Å². The summed E-state index contributed by atoms with van der Waals surface area (Å²) in [5.41, 5.74) is 2.75. The fourth-order valence-corrected chi connectivity index (χ4v) is 3.14. The predicted molar refractivity (Wildman–Crippen MR) is 79.7 cm³/mol. The Balaban J connectivity index is 2.30. The second-order valence-electron chi connectivity index (χ2n) is 5.87. The molecular weight excluding hydrogens is 244 g/mol. The number of halogens is 1. The molecule has 2 nitrogen and oxygen atoms in total. The summed E-state index contributed by atoms with van der Waals surface area (Å²) < 4.78 is 0. The summed E-state index contributed by atoms with van der Waals surface area (Å²) in [7, 11) is 2.06. The molecule has 100 valence electrons. The fraction of sp³-hybridized carbons (Fsp3) is 0.600. The number of nitrogens with zero attached hydrogens (tertiary/aromatic N) is 1. The fourth-order valence-electron chi connectivity index (χ4n) is 2.97. The van der Waals surface area contributed by atoms with Crippen LogP contribution in [0.2, 0.25) is 5.02 Å². The molecule has 1 saturated heterocycles. The Bertz CT molecular complexity index is 429. The Hall–Kier alpha value is -0.730. The van der Waals surface area contributed by atoms with E-state index in [2.05, 4.69) is 50.2 Å². The number of nitrogens with one attached hydrogen (secondary N) is 1. The molecule has 18 heavy (non-hydrogen) atoms. The lowest BCUT2D eigenvalue weighted by Gasteiger charge is -2.47. The third-order valence-corrected chi connectivity index (χ3v) is 4.28. The Morgan fingerprint density at radius 2 is 2.11 bits per heavy atom. The molecule has 2 rings (SSSR count). The zero-order valence-electron chi connectivity index (χ0n) is 11.8. The summed E-state index contributed by atoms with van der Waals surface area (Å²) in [4.78, 5) is 2.50. The van der Waals surface area contributed by atoms with Crippen LogP contribution in [-0.2, 0) is 0 Å². The van der Waals surface area contributed by atoms with Crippen LogP contribution >= 0.6 is 11.6 Å². The molecule has 1 atom stereocenters. The number of hydrogen-bond donors (Lipinski definition) is 1. The van der Waals surface area contributed by atoms with E-state index in [0.29, 0.717) is 6.04 Å². The number of piperidine rings is 1. The topological polar surface area (TPSA) is 15.3 Å². The van der Waals surface area contributed by atoms with Crippen molar-refractivity contribution in [3.8, 4) is 0 Å². The van der Waals surface area contributed by atoms with Crippen LogP contribution in [0.5, 0.6) is 0 Å². The first-order valence-corrected chi connectivity index (χ1v) is 7.03. The molecule has 1 fully saturated rings. The van der Waals surface area contributed by atoms with Crippen molar-refractivity contribution in [1.29, 1.82) is 0 Å². The molecule has 0 amide bonds. The SMILES string of the molecule is CNC1CCN(c2cc(Cl)ccc2C)C(C)(C)C1. The lowest BCUT2D eigenvalue weighted by atomic mass is 9.86. The van der Waals surface area contributed by atoms with Crippen LogP contribution in [0.25, 0.3) is 0 Å². The molecule has 1 aliphatic rings. The van der Waals surface area contributed by atoms with E-state index in [1.54, 1.807) is 0 Å². The van der Waals surface area contributed by atoms with Gasteiger partial charge in [0, 0.05) is 28.8 Å². The predicted octanol–water partition coefficient (Wildman–Crippen LogP) is 3.62. The van der Waals surface area contributed by atoms with Gasteiger partial charge in [0.15, 0.2) is 0 Å². The van der Waals surface area contributed by atoms with E-state index < -0.39 is 0 Å². The van der Waals surface area contributed by atoms with E-state index in [1.807, 2.05) is 6.07 Å². The summed E-state index contributed by atoms with van der Waals surface area (Å²) in [5.74, 6) is 0. The summed E-state index contributed by atoms with van der Waals surface area (Å²) >= 11 is 6.15. The highest BCUT2D eigenvalue weighted by Gasteiger charge is 2.34. The maximum absolute atomic E-state index is 6.15.